The average molecular weight is 403 g/mol. The summed E-state index contributed by atoms with van der Waals surface area (Å²) < 4.78 is 21.9. The third kappa shape index (κ3) is 4.40. The fourth-order valence-corrected chi connectivity index (χ4v) is 3.92. The zero-order chi connectivity index (χ0) is 20.3. The molecule has 1 spiro atoms. The van der Waals surface area contributed by atoms with Crippen LogP contribution in [0.5, 0.6) is 5.75 Å². The minimum Gasteiger partial charge on any atom is -0.433 e. The van der Waals surface area contributed by atoms with Gasteiger partial charge in [-0.15, -0.1) is 0 Å². The van der Waals surface area contributed by atoms with Gasteiger partial charge in [0.1, 0.15) is 12.4 Å². The van der Waals surface area contributed by atoms with Crippen LogP contribution in [0.3, 0.4) is 0 Å². The molecule has 2 aliphatic heterocycles. The Hall–Kier alpha value is -2.13. The number of nitrogens with zero attached hydrogens (tertiary/aromatic N) is 2. The van der Waals surface area contributed by atoms with E-state index >= 15 is 0 Å². The van der Waals surface area contributed by atoms with Crippen LogP contribution in [0.1, 0.15) is 5.56 Å². The van der Waals surface area contributed by atoms with E-state index < -0.39 is 6.16 Å². The Bertz CT molecular complexity index is 846. The maximum atomic E-state index is 12.3. The molecule has 8 nitrogen and oxygen atoms in total. The number of likely N-dealkylation sites (N-methyl/N-ethyl adjacent to an activating group) is 1. The van der Waals surface area contributed by atoms with Crippen LogP contribution >= 0.6 is 0 Å². The maximum Gasteiger partial charge on any atom is 0.513 e. The van der Waals surface area contributed by atoms with Gasteiger partial charge in [-0.05, 0) is 38.2 Å². The van der Waals surface area contributed by atoms with Crippen molar-refractivity contribution in [3.63, 3.8) is 0 Å². The Morgan fingerprint density at radius 3 is 2.86 bits per heavy atom. The molecule has 2 saturated heterocycles. The second-order valence-corrected chi connectivity index (χ2v) is 8.00. The number of carbonyl (C=O) groups excluding carboxylic acids is 1. The molecule has 1 aromatic heterocycles. The minimum atomic E-state index is -0.676. The highest BCUT2D eigenvalue weighted by Crippen LogP contribution is 2.30. The number of fused-ring (bicyclic) bond motifs is 1. The van der Waals surface area contributed by atoms with Gasteiger partial charge in [-0.2, -0.15) is 0 Å². The SMILES string of the molecule is CN(C)CCc1c[nH]c2cccc(OC(=O)OCCN3CCOCC34COC4)c12. The van der Waals surface area contributed by atoms with Crippen molar-refractivity contribution in [3.05, 3.63) is 30.0 Å². The molecule has 0 radical (unpaired) electrons. The van der Waals surface area contributed by atoms with Crippen molar-refractivity contribution in [1.82, 2.24) is 14.8 Å². The van der Waals surface area contributed by atoms with Crippen LogP contribution in [0.2, 0.25) is 0 Å². The van der Waals surface area contributed by atoms with E-state index in [-0.39, 0.29) is 12.1 Å². The first-order valence-corrected chi connectivity index (χ1v) is 10.1. The lowest BCUT2D eigenvalue weighted by Gasteiger charge is -2.51. The number of carbonyl (C=O) groups is 1. The molecule has 2 fully saturated rings. The number of rotatable bonds is 7. The average Bonchev–Trinajstić information content (AvgIpc) is 3.10. The van der Waals surface area contributed by atoms with Crippen LogP contribution in [0, 0.1) is 0 Å². The summed E-state index contributed by atoms with van der Waals surface area (Å²) in [6.45, 7) is 5.35. The number of ether oxygens (including phenoxy) is 4. The first-order chi connectivity index (χ1) is 14.1. The Kier molecular flexibility index (Phi) is 6.05. The predicted molar refractivity (Wildman–Crippen MR) is 108 cm³/mol. The van der Waals surface area contributed by atoms with Crippen LogP contribution in [0.15, 0.2) is 24.4 Å². The van der Waals surface area contributed by atoms with Crippen molar-refractivity contribution in [2.75, 3.05) is 66.8 Å². The van der Waals surface area contributed by atoms with Crippen LogP contribution in [0.4, 0.5) is 4.79 Å². The molecule has 1 N–H and O–H groups in total. The number of H-pyrrole nitrogens is 1. The van der Waals surface area contributed by atoms with Crippen LogP contribution < -0.4 is 4.74 Å². The maximum absolute atomic E-state index is 12.3. The largest absolute Gasteiger partial charge is 0.513 e. The Morgan fingerprint density at radius 1 is 1.28 bits per heavy atom. The van der Waals surface area contributed by atoms with E-state index in [1.807, 2.05) is 32.4 Å². The molecule has 29 heavy (non-hydrogen) atoms. The van der Waals surface area contributed by atoms with Crippen LogP contribution in [-0.2, 0) is 20.6 Å². The predicted octanol–water partition coefficient (Wildman–Crippen LogP) is 1.89. The summed E-state index contributed by atoms with van der Waals surface area (Å²) in [4.78, 5) is 20.0. The lowest BCUT2D eigenvalue weighted by Crippen LogP contribution is -2.68. The molecular weight excluding hydrogens is 374 g/mol. The molecule has 2 aliphatic rings. The highest BCUT2D eigenvalue weighted by molar-refractivity contribution is 5.90. The number of hydrogen-bond acceptors (Lipinski definition) is 7. The quantitative estimate of drug-likeness (QED) is 0.559. The third-order valence-corrected chi connectivity index (χ3v) is 5.64. The van der Waals surface area contributed by atoms with E-state index in [4.69, 9.17) is 18.9 Å². The summed E-state index contributed by atoms with van der Waals surface area (Å²) in [5.74, 6) is 0.526. The van der Waals surface area contributed by atoms with Gasteiger partial charge in [0, 0.05) is 36.7 Å². The van der Waals surface area contributed by atoms with Crippen molar-refractivity contribution >= 4 is 17.1 Å². The van der Waals surface area contributed by atoms with Crippen molar-refractivity contribution in [1.29, 1.82) is 0 Å². The second-order valence-electron chi connectivity index (χ2n) is 8.00. The monoisotopic (exact) mass is 403 g/mol. The summed E-state index contributed by atoms with van der Waals surface area (Å²) in [5.41, 5.74) is 2.02. The molecule has 158 valence electrons. The summed E-state index contributed by atoms with van der Waals surface area (Å²) >= 11 is 0. The number of aromatic nitrogens is 1. The minimum absolute atomic E-state index is 0.0520. The van der Waals surface area contributed by atoms with E-state index in [2.05, 4.69) is 14.8 Å². The second kappa shape index (κ2) is 8.71. The molecule has 1 aromatic carbocycles. The Balaban J connectivity index is 1.34. The summed E-state index contributed by atoms with van der Waals surface area (Å²) in [7, 11) is 4.08. The normalized spacial score (nSPS) is 18.9. The number of benzene rings is 1. The number of nitrogens with one attached hydrogen (secondary N) is 1. The van der Waals surface area contributed by atoms with Gasteiger partial charge in [0.05, 0.1) is 32.0 Å². The molecule has 4 rings (SSSR count). The first-order valence-electron chi connectivity index (χ1n) is 10.1. The number of aromatic amines is 1. The summed E-state index contributed by atoms with van der Waals surface area (Å²) in [6, 6.07) is 5.65. The standard InChI is InChI=1S/C21H29N3O5/c1-23(2)7-6-16-12-22-17-4-3-5-18(19(16)17)29-20(25)28-11-9-24-8-10-26-13-21(24)14-27-15-21/h3-5,12,22H,6-11,13-15H2,1-2H3. The molecule has 8 heteroatoms. The van der Waals surface area contributed by atoms with Gasteiger partial charge in [-0.1, -0.05) is 6.07 Å². The zero-order valence-corrected chi connectivity index (χ0v) is 17.1. The van der Waals surface area contributed by atoms with Gasteiger partial charge in [-0.3, -0.25) is 4.90 Å². The van der Waals surface area contributed by atoms with E-state index in [1.54, 1.807) is 6.07 Å². The van der Waals surface area contributed by atoms with Crippen molar-refractivity contribution < 1.29 is 23.7 Å². The molecule has 0 unspecified atom stereocenters. The Morgan fingerprint density at radius 2 is 2.10 bits per heavy atom. The topological polar surface area (TPSA) is 76.3 Å². The zero-order valence-electron chi connectivity index (χ0n) is 17.1. The lowest BCUT2D eigenvalue weighted by molar-refractivity contribution is -0.198. The molecule has 0 saturated carbocycles. The molecule has 2 aromatic rings. The molecule has 0 amide bonds. The fourth-order valence-electron chi connectivity index (χ4n) is 3.92. The smallest absolute Gasteiger partial charge is 0.433 e. The van der Waals surface area contributed by atoms with Gasteiger partial charge in [0.15, 0.2) is 0 Å². The number of hydrogen-bond donors (Lipinski definition) is 1. The molecular formula is C21H29N3O5. The number of morpholine rings is 1. The van der Waals surface area contributed by atoms with E-state index in [0.717, 1.165) is 36.0 Å². The molecule has 0 aliphatic carbocycles. The van der Waals surface area contributed by atoms with E-state index in [0.29, 0.717) is 38.7 Å². The lowest BCUT2D eigenvalue weighted by atomic mass is 9.95. The molecule has 0 atom stereocenters. The van der Waals surface area contributed by atoms with Crippen LogP contribution in [-0.4, -0.2) is 93.2 Å². The van der Waals surface area contributed by atoms with Gasteiger partial charge >= 0.3 is 6.16 Å². The van der Waals surface area contributed by atoms with Crippen molar-refractivity contribution in [2.24, 2.45) is 0 Å². The highest BCUT2D eigenvalue weighted by atomic mass is 16.7. The van der Waals surface area contributed by atoms with Gasteiger partial charge < -0.3 is 28.8 Å². The van der Waals surface area contributed by atoms with E-state index in [1.165, 1.54) is 0 Å². The van der Waals surface area contributed by atoms with E-state index in [9.17, 15) is 4.79 Å². The van der Waals surface area contributed by atoms with Crippen LogP contribution in [0.25, 0.3) is 10.9 Å². The van der Waals surface area contributed by atoms with Gasteiger partial charge in [-0.25, -0.2) is 4.79 Å². The summed E-state index contributed by atoms with van der Waals surface area (Å²) in [6.07, 6.45) is 2.17. The van der Waals surface area contributed by atoms with Crippen molar-refractivity contribution in [3.8, 4) is 5.75 Å². The summed E-state index contributed by atoms with van der Waals surface area (Å²) in [5, 5.41) is 0.935. The first kappa shape index (κ1) is 20.2. The Labute approximate surface area is 170 Å². The van der Waals surface area contributed by atoms with Gasteiger partial charge in [0.25, 0.3) is 0 Å². The molecule has 0 bridgehead atoms. The molecule has 3 heterocycles. The van der Waals surface area contributed by atoms with Crippen molar-refractivity contribution in [2.45, 2.75) is 12.0 Å². The third-order valence-electron chi connectivity index (χ3n) is 5.64. The fraction of sp³-hybridized carbons (Fsp3) is 0.571. The van der Waals surface area contributed by atoms with Gasteiger partial charge in [0.2, 0.25) is 0 Å². The highest BCUT2D eigenvalue weighted by Gasteiger charge is 2.46.